The molecule has 1 saturated heterocycles. The monoisotopic (exact) mass is 231 g/mol. The first-order valence-corrected chi connectivity index (χ1v) is 5.27. The number of amides is 1. The highest BCUT2D eigenvalue weighted by atomic mass is 16.5. The summed E-state index contributed by atoms with van der Waals surface area (Å²) in [4.78, 5) is 24.0. The van der Waals surface area contributed by atoms with Gasteiger partial charge in [-0.15, -0.1) is 0 Å². The maximum Gasteiger partial charge on any atom is 0.332 e. The van der Waals surface area contributed by atoms with Gasteiger partial charge in [0, 0.05) is 13.1 Å². The molecular formula is C10H17NO5. The van der Waals surface area contributed by atoms with Gasteiger partial charge in [-0.2, -0.15) is 0 Å². The zero-order chi connectivity index (χ0) is 12.1. The summed E-state index contributed by atoms with van der Waals surface area (Å²) >= 11 is 0. The van der Waals surface area contributed by atoms with Gasteiger partial charge >= 0.3 is 5.97 Å². The van der Waals surface area contributed by atoms with Gasteiger partial charge in [-0.25, -0.2) is 4.79 Å². The Labute approximate surface area is 94.1 Å². The topological polar surface area (TPSA) is 76.1 Å². The lowest BCUT2D eigenvalue weighted by atomic mass is 10.3. The fourth-order valence-electron chi connectivity index (χ4n) is 1.46. The minimum Gasteiger partial charge on any atom is -0.479 e. The Morgan fingerprint density at radius 1 is 1.25 bits per heavy atom. The third kappa shape index (κ3) is 3.46. The molecule has 1 N–H and O–H groups in total. The van der Waals surface area contributed by atoms with E-state index in [9.17, 15) is 9.59 Å². The van der Waals surface area contributed by atoms with E-state index in [1.165, 1.54) is 6.92 Å². The Hall–Kier alpha value is -1.14. The van der Waals surface area contributed by atoms with Gasteiger partial charge in [-0.05, 0) is 13.8 Å². The second-order valence-corrected chi connectivity index (χ2v) is 3.70. The highest BCUT2D eigenvalue weighted by Gasteiger charge is 2.26. The van der Waals surface area contributed by atoms with Crippen LogP contribution in [0.2, 0.25) is 0 Å². The third-order valence-corrected chi connectivity index (χ3v) is 2.43. The lowest BCUT2D eigenvalue weighted by Crippen LogP contribution is -2.46. The SMILES string of the molecule is CC(OC(C)C(=O)N1CCOCC1)C(=O)O. The largest absolute Gasteiger partial charge is 0.479 e. The van der Waals surface area contributed by atoms with Crippen molar-refractivity contribution in [1.82, 2.24) is 4.90 Å². The van der Waals surface area contributed by atoms with Gasteiger partial charge in [-0.1, -0.05) is 0 Å². The van der Waals surface area contributed by atoms with E-state index in [1.807, 2.05) is 0 Å². The Morgan fingerprint density at radius 3 is 2.31 bits per heavy atom. The number of carboxylic acids is 1. The normalized spacial score (nSPS) is 20.2. The molecule has 0 bridgehead atoms. The molecule has 0 aromatic rings. The minimum absolute atomic E-state index is 0.184. The van der Waals surface area contributed by atoms with Gasteiger partial charge < -0.3 is 19.5 Å². The van der Waals surface area contributed by atoms with Gasteiger partial charge in [0.15, 0.2) is 6.10 Å². The Bertz CT molecular complexity index is 262. The van der Waals surface area contributed by atoms with E-state index >= 15 is 0 Å². The maximum atomic E-state index is 11.8. The second kappa shape index (κ2) is 5.81. The summed E-state index contributed by atoms with van der Waals surface area (Å²) in [7, 11) is 0. The molecule has 92 valence electrons. The van der Waals surface area contributed by atoms with Crippen LogP contribution in [-0.2, 0) is 19.1 Å². The highest BCUT2D eigenvalue weighted by molar-refractivity contribution is 5.81. The van der Waals surface area contributed by atoms with E-state index in [0.29, 0.717) is 26.3 Å². The maximum absolute atomic E-state index is 11.8. The first kappa shape index (κ1) is 12.9. The number of nitrogens with zero attached hydrogens (tertiary/aromatic N) is 1. The smallest absolute Gasteiger partial charge is 0.332 e. The van der Waals surface area contributed by atoms with E-state index in [2.05, 4.69) is 0 Å². The molecule has 16 heavy (non-hydrogen) atoms. The molecule has 0 aliphatic carbocycles. The molecule has 1 aliphatic heterocycles. The first-order valence-electron chi connectivity index (χ1n) is 5.27. The fourth-order valence-corrected chi connectivity index (χ4v) is 1.46. The molecule has 1 aliphatic rings. The highest BCUT2D eigenvalue weighted by Crippen LogP contribution is 2.05. The van der Waals surface area contributed by atoms with Gasteiger partial charge in [0.25, 0.3) is 5.91 Å². The van der Waals surface area contributed by atoms with Crippen LogP contribution in [0.4, 0.5) is 0 Å². The number of hydrogen-bond acceptors (Lipinski definition) is 4. The molecule has 1 rings (SSSR count). The number of hydrogen-bond donors (Lipinski definition) is 1. The van der Waals surface area contributed by atoms with Crippen LogP contribution in [0.5, 0.6) is 0 Å². The van der Waals surface area contributed by atoms with Crippen LogP contribution in [0.1, 0.15) is 13.8 Å². The quantitative estimate of drug-likeness (QED) is 0.720. The van der Waals surface area contributed by atoms with Crippen LogP contribution in [0.25, 0.3) is 0 Å². The van der Waals surface area contributed by atoms with E-state index in [4.69, 9.17) is 14.6 Å². The standard InChI is InChI=1S/C10H17NO5/c1-7(16-8(2)10(13)14)9(12)11-3-5-15-6-4-11/h7-8H,3-6H2,1-2H3,(H,13,14). The third-order valence-electron chi connectivity index (χ3n) is 2.43. The van der Waals surface area contributed by atoms with Crippen LogP contribution in [-0.4, -0.2) is 60.4 Å². The molecule has 2 atom stereocenters. The van der Waals surface area contributed by atoms with E-state index in [-0.39, 0.29) is 5.91 Å². The molecule has 6 nitrogen and oxygen atoms in total. The van der Waals surface area contributed by atoms with E-state index in [0.717, 1.165) is 0 Å². The van der Waals surface area contributed by atoms with Crippen molar-refractivity contribution in [1.29, 1.82) is 0 Å². The van der Waals surface area contributed by atoms with Crippen molar-refractivity contribution < 1.29 is 24.2 Å². The molecule has 0 aromatic carbocycles. The minimum atomic E-state index is -1.07. The molecule has 6 heteroatoms. The summed E-state index contributed by atoms with van der Waals surface area (Å²) < 4.78 is 10.2. The van der Waals surface area contributed by atoms with Gasteiger partial charge in [-0.3, -0.25) is 4.79 Å². The number of carboxylic acid groups (broad SMARTS) is 1. The summed E-state index contributed by atoms with van der Waals surface area (Å²) in [5.74, 6) is -1.25. The lowest BCUT2D eigenvalue weighted by Gasteiger charge is -2.29. The number of ether oxygens (including phenoxy) is 2. The fraction of sp³-hybridized carbons (Fsp3) is 0.800. The van der Waals surface area contributed by atoms with E-state index < -0.39 is 18.2 Å². The van der Waals surface area contributed by atoms with Gasteiger partial charge in [0.1, 0.15) is 6.10 Å². The number of carbonyl (C=O) groups is 2. The second-order valence-electron chi connectivity index (χ2n) is 3.70. The molecule has 2 unspecified atom stereocenters. The number of morpholine rings is 1. The first-order chi connectivity index (χ1) is 7.52. The van der Waals surface area contributed by atoms with Crippen LogP contribution >= 0.6 is 0 Å². The van der Waals surface area contributed by atoms with Gasteiger partial charge in [0.05, 0.1) is 13.2 Å². The molecule has 0 radical (unpaired) electrons. The average molecular weight is 231 g/mol. The van der Waals surface area contributed by atoms with Crippen LogP contribution < -0.4 is 0 Å². The molecule has 0 saturated carbocycles. The van der Waals surface area contributed by atoms with E-state index in [1.54, 1.807) is 11.8 Å². The van der Waals surface area contributed by atoms with Crippen molar-refractivity contribution in [3.8, 4) is 0 Å². The van der Waals surface area contributed by atoms with Crippen molar-refractivity contribution in [3.05, 3.63) is 0 Å². The predicted octanol–water partition coefficient (Wildman–Crippen LogP) is -0.277. The molecule has 1 amide bonds. The van der Waals surface area contributed by atoms with Crippen LogP contribution in [0.15, 0.2) is 0 Å². The number of carbonyl (C=O) groups excluding carboxylic acids is 1. The summed E-state index contributed by atoms with van der Waals surface area (Å²) in [6.07, 6.45) is -1.70. The molecule has 1 heterocycles. The Kier molecular flexibility index (Phi) is 4.70. The zero-order valence-electron chi connectivity index (χ0n) is 9.51. The van der Waals surface area contributed by atoms with Crippen molar-refractivity contribution in [2.75, 3.05) is 26.3 Å². The Morgan fingerprint density at radius 2 is 1.81 bits per heavy atom. The summed E-state index contributed by atoms with van der Waals surface area (Å²) in [6, 6.07) is 0. The number of rotatable bonds is 4. The van der Waals surface area contributed by atoms with Crippen molar-refractivity contribution in [3.63, 3.8) is 0 Å². The zero-order valence-corrected chi connectivity index (χ0v) is 9.51. The van der Waals surface area contributed by atoms with Gasteiger partial charge in [0.2, 0.25) is 0 Å². The van der Waals surface area contributed by atoms with Crippen molar-refractivity contribution >= 4 is 11.9 Å². The molecular weight excluding hydrogens is 214 g/mol. The van der Waals surface area contributed by atoms with Crippen LogP contribution in [0.3, 0.4) is 0 Å². The van der Waals surface area contributed by atoms with Crippen molar-refractivity contribution in [2.45, 2.75) is 26.1 Å². The molecule has 0 spiro atoms. The Balaban J connectivity index is 2.43. The summed E-state index contributed by atoms with van der Waals surface area (Å²) in [5.41, 5.74) is 0. The lowest BCUT2D eigenvalue weighted by molar-refractivity contribution is -0.161. The molecule has 0 aromatic heterocycles. The van der Waals surface area contributed by atoms with Crippen molar-refractivity contribution in [2.24, 2.45) is 0 Å². The van der Waals surface area contributed by atoms with Crippen LogP contribution in [0, 0.1) is 0 Å². The summed E-state index contributed by atoms with van der Waals surface area (Å²) in [6.45, 7) is 5.09. The predicted molar refractivity (Wildman–Crippen MR) is 55.0 cm³/mol. The summed E-state index contributed by atoms with van der Waals surface area (Å²) in [5, 5.41) is 8.65. The average Bonchev–Trinajstić information content (AvgIpc) is 2.28. The number of aliphatic carboxylic acids is 1. The molecule has 1 fully saturated rings.